The van der Waals surface area contributed by atoms with E-state index in [-0.39, 0.29) is 6.42 Å². The van der Waals surface area contributed by atoms with Gasteiger partial charge in [0, 0.05) is 6.42 Å². The Labute approximate surface area is 96.3 Å². The van der Waals surface area contributed by atoms with Crippen LogP contribution in [0.25, 0.3) is 0 Å². The molecule has 0 aromatic heterocycles. The van der Waals surface area contributed by atoms with Gasteiger partial charge >= 0.3 is 5.97 Å². The molecule has 2 heteroatoms. The number of aliphatic carboxylic acids is 1. The average Bonchev–Trinajstić information content (AvgIpc) is 2.70. The topological polar surface area (TPSA) is 37.3 Å². The van der Waals surface area contributed by atoms with Crippen molar-refractivity contribution in [3.05, 3.63) is 34.4 Å². The van der Waals surface area contributed by atoms with E-state index >= 15 is 0 Å². The van der Waals surface area contributed by atoms with Crippen molar-refractivity contribution in [2.45, 2.75) is 45.4 Å². The molecule has 2 nitrogen and oxygen atoms in total. The summed E-state index contributed by atoms with van der Waals surface area (Å²) in [5, 5.41) is 8.63. The largest absolute Gasteiger partial charge is 0.481 e. The van der Waals surface area contributed by atoms with Crippen molar-refractivity contribution in [2.75, 3.05) is 0 Å². The van der Waals surface area contributed by atoms with Gasteiger partial charge in [-0.15, -0.1) is 0 Å². The Kier molecular flexibility index (Phi) is 3.28. The van der Waals surface area contributed by atoms with Crippen LogP contribution in [0.15, 0.2) is 12.1 Å². The molecule has 0 unspecified atom stereocenters. The number of fused-ring (bicyclic) bond motifs is 1. The van der Waals surface area contributed by atoms with Crippen LogP contribution in [0.5, 0.6) is 0 Å². The quantitative estimate of drug-likeness (QED) is 0.843. The zero-order valence-electron chi connectivity index (χ0n) is 9.75. The first-order chi connectivity index (χ1) is 7.68. The standard InChI is InChI=1S/C14H18O2/c1-10-8-9-11(4-2-7-14(15)16)13-6-3-5-12(10)13/h8-9H,2-7H2,1H3,(H,15,16). The van der Waals surface area contributed by atoms with E-state index in [1.807, 2.05) is 0 Å². The van der Waals surface area contributed by atoms with Gasteiger partial charge in [0.25, 0.3) is 0 Å². The summed E-state index contributed by atoms with van der Waals surface area (Å²) in [5.74, 6) is -0.691. The maximum absolute atomic E-state index is 10.5. The summed E-state index contributed by atoms with van der Waals surface area (Å²) in [6.07, 6.45) is 5.59. The molecular weight excluding hydrogens is 200 g/mol. The number of aryl methyl sites for hydroxylation is 2. The zero-order valence-corrected chi connectivity index (χ0v) is 9.75. The number of hydrogen-bond acceptors (Lipinski definition) is 1. The lowest BCUT2D eigenvalue weighted by Crippen LogP contribution is -1.99. The van der Waals surface area contributed by atoms with Gasteiger partial charge in [0.1, 0.15) is 0 Å². The van der Waals surface area contributed by atoms with Crippen LogP contribution in [0.2, 0.25) is 0 Å². The van der Waals surface area contributed by atoms with E-state index in [0.29, 0.717) is 0 Å². The molecule has 1 aliphatic rings. The van der Waals surface area contributed by atoms with E-state index in [4.69, 9.17) is 5.11 Å². The van der Waals surface area contributed by atoms with Crippen LogP contribution in [-0.4, -0.2) is 11.1 Å². The zero-order chi connectivity index (χ0) is 11.5. The van der Waals surface area contributed by atoms with Crippen LogP contribution in [0, 0.1) is 6.92 Å². The molecule has 16 heavy (non-hydrogen) atoms. The molecule has 0 radical (unpaired) electrons. The number of hydrogen-bond donors (Lipinski definition) is 1. The van der Waals surface area contributed by atoms with Gasteiger partial charge in [-0.3, -0.25) is 4.79 Å². The molecule has 0 spiro atoms. The molecule has 0 saturated heterocycles. The van der Waals surface area contributed by atoms with E-state index < -0.39 is 5.97 Å². The highest BCUT2D eigenvalue weighted by molar-refractivity contribution is 5.66. The maximum Gasteiger partial charge on any atom is 0.303 e. The molecule has 1 N–H and O–H groups in total. The molecule has 0 fully saturated rings. The number of carboxylic acid groups (broad SMARTS) is 1. The van der Waals surface area contributed by atoms with Gasteiger partial charge < -0.3 is 5.11 Å². The summed E-state index contributed by atoms with van der Waals surface area (Å²) >= 11 is 0. The molecule has 0 amide bonds. The van der Waals surface area contributed by atoms with Crippen LogP contribution < -0.4 is 0 Å². The second-order valence-electron chi connectivity index (χ2n) is 4.60. The maximum atomic E-state index is 10.5. The minimum atomic E-state index is -0.691. The highest BCUT2D eigenvalue weighted by Gasteiger charge is 2.16. The molecule has 86 valence electrons. The fraction of sp³-hybridized carbons (Fsp3) is 0.500. The van der Waals surface area contributed by atoms with Crippen LogP contribution >= 0.6 is 0 Å². The second kappa shape index (κ2) is 4.69. The Hall–Kier alpha value is -1.31. The Morgan fingerprint density at radius 1 is 1.31 bits per heavy atom. The summed E-state index contributed by atoms with van der Waals surface area (Å²) in [6, 6.07) is 4.36. The molecule has 1 aromatic carbocycles. The van der Waals surface area contributed by atoms with Crippen molar-refractivity contribution in [1.29, 1.82) is 0 Å². The molecule has 1 aromatic rings. The van der Waals surface area contributed by atoms with E-state index in [1.165, 1.54) is 41.5 Å². The molecule has 0 atom stereocenters. The van der Waals surface area contributed by atoms with Crippen LogP contribution in [0.3, 0.4) is 0 Å². The van der Waals surface area contributed by atoms with Crippen LogP contribution in [-0.2, 0) is 24.1 Å². The third kappa shape index (κ3) is 2.26. The van der Waals surface area contributed by atoms with Gasteiger partial charge in [-0.05, 0) is 61.3 Å². The highest BCUT2D eigenvalue weighted by atomic mass is 16.4. The number of rotatable bonds is 4. The third-order valence-corrected chi connectivity index (χ3v) is 3.45. The third-order valence-electron chi connectivity index (χ3n) is 3.45. The van der Waals surface area contributed by atoms with E-state index in [1.54, 1.807) is 0 Å². The number of benzene rings is 1. The van der Waals surface area contributed by atoms with Crippen molar-refractivity contribution < 1.29 is 9.90 Å². The lowest BCUT2D eigenvalue weighted by Gasteiger charge is -2.10. The number of carbonyl (C=O) groups is 1. The van der Waals surface area contributed by atoms with Gasteiger partial charge in [-0.1, -0.05) is 12.1 Å². The SMILES string of the molecule is Cc1ccc(CCCC(=O)O)c2c1CCC2. The summed E-state index contributed by atoms with van der Waals surface area (Å²) in [5.41, 5.74) is 5.80. The molecular formula is C14H18O2. The monoisotopic (exact) mass is 218 g/mol. The van der Waals surface area contributed by atoms with Crippen molar-refractivity contribution in [3.63, 3.8) is 0 Å². The summed E-state index contributed by atoms with van der Waals surface area (Å²) in [6.45, 7) is 2.17. The van der Waals surface area contributed by atoms with Crippen molar-refractivity contribution >= 4 is 5.97 Å². The van der Waals surface area contributed by atoms with Gasteiger partial charge in [-0.25, -0.2) is 0 Å². The lowest BCUT2D eigenvalue weighted by molar-refractivity contribution is -0.137. The van der Waals surface area contributed by atoms with Gasteiger partial charge in [0.2, 0.25) is 0 Å². The molecule has 0 bridgehead atoms. The molecule has 1 aliphatic carbocycles. The first-order valence-corrected chi connectivity index (χ1v) is 6.00. The minimum Gasteiger partial charge on any atom is -0.481 e. The molecule has 0 saturated carbocycles. The lowest BCUT2D eigenvalue weighted by atomic mass is 9.96. The normalized spacial score (nSPS) is 13.8. The van der Waals surface area contributed by atoms with Gasteiger partial charge in [0.15, 0.2) is 0 Å². The van der Waals surface area contributed by atoms with Gasteiger partial charge in [-0.2, -0.15) is 0 Å². The summed E-state index contributed by atoms with van der Waals surface area (Å²) < 4.78 is 0. The first kappa shape index (κ1) is 11.2. The first-order valence-electron chi connectivity index (χ1n) is 6.00. The van der Waals surface area contributed by atoms with Crippen molar-refractivity contribution in [2.24, 2.45) is 0 Å². The van der Waals surface area contributed by atoms with E-state index in [2.05, 4.69) is 19.1 Å². The predicted molar refractivity (Wildman–Crippen MR) is 63.8 cm³/mol. The Balaban J connectivity index is 2.10. The Morgan fingerprint density at radius 2 is 2.06 bits per heavy atom. The Morgan fingerprint density at radius 3 is 2.81 bits per heavy atom. The molecule has 0 heterocycles. The predicted octanol–water partition coefficient (Wildman–Crippen LogP) is 2.89. The smallest absolute Gasteiger partial charge is 0.303 e. The van der Waals surface area contributed by atoms with E-state index in [0.717, 1.165) is 12.8 Å². The average molecular weight is 218 g/mol. The van der Waals surface area contributed by atoms with E-state index in [9.17, 15) is 4.79 Å². The van der Waals surface area contributed by atoms with Gasteiger partial charge in [0.05, 0.1) is 0 Å². The fourth-order valence-electron chi connectivity index (χ4n) is 2.62. The van der Waals surface area contributed by atoms with Crippen LogP contribution in [0.4, 0.5) is 0 Å². The van der Waals surface area contributed by atoms with Crippen molar-refractivity contribution in [3.8, 4) is 0 Å². The highest BCUT2D eigenvalue weighted by Crippen LogP contribution is 2.29. The second-order valence-corrected chi connectivity index (χ2v) is 4.60. The fourth-order valence-corrected chi connectivity index (χ4v) is 2.62. The molecule has 2 rings (SSSR count). The summed E-state index contributed by atoms with van der Waals surface area (Å²) in [4.78, 5) is 10.5. The molecule has 0 aliphatic heterocycles. The minimum absolute atomic E-state index is 0.280. The van der Waals surface area contributed by atoms with Crippen LogP contribution in [0.1, 0.15) is 41.5 Å². The number of carboxylic acids is 1. The Bertz CT molecular complexity index is 407. The summed E-state index contributed by atoms with van der Waals surface area (Å²) in [7, 11) is 0. The van der Waals surface area contributed by atoms with Crippen molar-refractivity contribution in [1.82, 2.24) is 0 Å².